The van der Waals surface area contributed by atoms with E-state index < -0.39 is 29.0 Å². The van der Waals surface area contributed by atoms with Crippen LogP contribution in [0.5, 0.6) is 0 Å². The van der Waals surface area contributed by atoms with E-state index in [9.17, 15) is 18.0 Å². The molecule has 0 bridgehead atoms. The summed E-state index contributed by atoms with van der Waals surface area (Å²) < 4.78 is 39.1. The number of anilines is 2. The van der Waals surface area contributed by atoms with Gasteiger partial charge >= 0.3 is 0 Å². The SMILES string of the molecule is Nc1ccc(SCC(=O)Nc2ccc(F)c(F)c2F)nc1. The number of nitrogens with zero attached hydrogens (tertiary/aromatic N) is 1. The molecule has 0 spiro atoms. The van der Waals surface area contributed by atoms with Gasteiger partial charge in [-0.2, -0.15) is 0 Å². The van der Waals surface area contributed by atoms with E-state index in [-0.39, 0.29) is 5.75 Å². The molecule has 0 fully saturated rings. The fraction of sp³-hybridized carbons (Fsp3) is 0.0769. The van der Waals surface area contributed by atoms with Crippen LogP contribution in [0.1, 0.15) is 0 Å². The first-order chi connectivity index (χ1) is 9.97. The lowest BCUT2D eigenvalue weighted by Crippen LogP contribution is -2.16. The normalized spacial score (nSPS) is 10.4. The summed E-state index contributed by atoms with van der Waals surface area (Å²) in [6.45, 7) is 0. The molecule has 0 aliphatic rings. The first-order valence-corrected chi connectivity index (χ1v) is 6.73. The van der Waals surface area contributed by atoms with Gasteiger partial charge in [-0.15, -0.1) is 0 Å². The molecule has 0 saturated heterocycles. The first kappa shape index (κ1) is 15.2. The van der Waals surface area contributed by atoms with Gasteiger partial charge in [-0.1, -0.05) is 11.8 Å². The number of thioether (sulfide) groups is 1. The summed E-state index contributed by atoms with van der Waals surface area (Å²) in [7, 11) is 0. The van der Waals surface area contributed by atoms with Gasteiger partial charge in [0.1, 0.15) is 0 Å². The number of nitrogens with one attached hydrogen (secondary N) is 1. The summed E-state index contributed by atoms with van der Waals surface area (Å²) in [6, 6.07) is 4.95. The molecule has 0 aliphatic heterocycles. The molecule has 4 nitrogen and oxygen atoms in total. The van der Waals surface area contributed by atoms with Crippen LogP contribution in [0.15, 0.2) is 35.5 Å². The molecule has 0 radical (unpaired) electrons. The van der Waals surface area contributed by atoms with Crippen molar-refractivity contribution in [3.63, 3.8) is 0 Å². The largest absolute Gasteiger partial charge is 0.397 e. The molecule has 0 aliphatic carbocycles. The fourth-order valence-electron chi connectivity index (χ4n) is 1.43. The molecule has 1 amide bonds. The summed E-state index contributed by atoms with van der Waals surface area (Å²) in [5.74, 6) is -5.00. The number of pyridine rings is 1. The highest BCUT2D eigenvalue weighted by atomic mass is 32.2. The second kappa shape index (κ2) is 6.49. The number of nitrogens with two attached hydrogens (primary N) is 1. The minimum Gasteiger partial charge on any atom is -0.397 e. The van der Waals surface area contributed by atoms with Crippen molar-refractivity contribution in [2.24, 2.45) is 0 Å². The van der Waals surface area contributed by atoms with E-state index in [4.69, 9.17) is 5.73 Å². The zero-order valence-electron chi connectivity index (χ0n) is 10.6. The molecule has 110 valence electrons. The molecule has 0 atom stereocenters. The van der Waals surface area contributed by atoms with Crippen molar-refractivity contribution in [2.45, 2.75) is 5.03 Å². The molecule has 1 aromatic heterocycles. The van der Waals surface area contributed by atoms with Crippen LogP contribution in [0.2, 0.25) is 0 Å². The zero-order chi connectivity index (χ0) is 15.4. The highest BCUT2D eigenvalue weighted by molar-refractivity contribution is 7.99. The average molecular weight is 313 g/mol. The summed E-state index contributed by atoms with van der Waals surface area (Å²) in [4.78, 5) is 15.6. The van der Waals surface area contributed by atoms with E-state index in [2.05, 4.69) is 10.3 Å². The number of amides is 1. The van der Waals surface area contributed by atoms with Gasteiger partial charge in [0.15, 0.2) is 17.5 Å². The van der Waals surface area contributed by atoms with Crippen LogP contribution < -0.4 is 11.1 Å². The van der Waals surface area contributed by atoms with Crippen molar-refractivity contribution >= 4 is 29.0 Å². The number of aromatic nitrogens is 1. The monoisotopic (exact) mass is 313 g/mol. The topological polar surface area (TPSA) is 68.0 Å². The van der Waals surface area contributed by atoms with Gasteiger partial charge in [0, 0.05) is 0 Å². The Morgan fingerprint density at radius 1 is 1.19 bits per heavy atom. The molecule has 3 N–H and O–H groups in total. The molecule has 0 unspecified atom stereocenters. The molecule has 2 rings (SSSR count). The van der Waals surface area contributed by atoms with Crippen molar-refractivity contribution in [2.75, 3.05) is 16.8 Å². The van der Waals surface area contributed by atoms with E-state index in [0.29, 0.717) is 10.7 Å². The summed E-state index contributed by atoms with van der Waals surface area (Å²) in [5, 5.41) is 2.73. The summed E-state index contributed by atoms with van der Waals surface area (Å²) in [5.41, 5.74) is 5.55. The second-order valence-corrected chi connectivity index (χ2v) is 4.99. The number of carbonyl (C=O) groups excluding carboxylic acids is 1. The molecule has 2 aromatic rings. The highest BCUT2D eigenvalue weighted by Gasteiger charge is 2.15. The second-order valence-electron chi connectivity index (χ2n) is 3.99. The lowest BCUT2D eigenvalue weighted by atomic mass is 10.3. The number of hydrogen-bond donors (Lipinski definition) is 2. The van der Waals surface area contributed by atoms with Crippen LogP contribution in [0.3, 0.4) is 0 Å². The first-order valence-electron chi connectivity index (χ1n) is 5.75. The Morgan fingerprint density at radius 2 is 1.95 bits per heavy atom. The van der Waals surface area contributed by atoms with Crippen LogP contribution in [-0.2, 0) is 4.79 Å². The molecule has 8 heteroatoms. The van der Waals surface area contributed by atoms with Gasteiger partial charge in [0.05, 0.1) is 28.4 Å². The minimum absolute atomic E-state index is 0.0602. The third kappa shape index (κ3) is 3.88. The summed E-state index contributed by atoms with van der Waals surface area (Å²) >= 11 is 1.10. The lowest BCUT2D eigenvalue weighted by Gasteiger charge is -2.07. The van der Waals surface area contributed by atoms with Gasteiger partial charge < -0.3 is 11.1 Å². The zero-order valence-corrected chi connectivity index (χ0v) is 11.4. The van der Waals surface area contributed by atoms with Gasteiger partial charge in [0.2, 0.25) is 5.91 Å². The van der Waals surface area contributed by atoms with Crippen LogP contribution in [-0.4, -0.2) is 16.6 Å². The maximum atomic E-state index is 13.4. The van der Waals surface area contributed by atoms with Crippen LogP contribution in [0, 0.1) is 17.5 Å². The number of halogens is 3. The van der Waals surface area contributed by atoms with E-state index in [1.54, 1.807) is 12.1 Å². The maximum absolute atomic E-state index is 13.4. The van der Waals surface area contributed by atoms with Crippen molar-refractivity contribution < 1.29 is 18.0 Å². The average Bonchev–Trinajstić information content (AvgIpc) is 2.47. The number of benzene rings is 1. The Hall–Kier alpha value is -2.22. The molecular weight excluding hydrogens is 303 g/mol. The number of nitrogen functional groups attached to an aromatic ring is 1. The fourth-order valence-corrected chi connectivity index (χ4v) is 2.07. The highest BCUT2D eigenvalue weighted by Crippen LogP contribution is 2.21. The minimum atomic E-state index is -1.62. The van der Waals surface area contributed by atoms with Crippen molar-refractivity contribution in [1.82, 2.24) is 4.98 Å². The Morgan fingerprint density at radius 3 is 2.62 bits per heavy atom. The van der Waals surface area contributed by atoms with Crippen LogP contribution >= 0.6 is 11.8 Å². The lowest BCUT2D eigenvalue weighted by molar-refractivity contribution is -0.113. The quantitative estimate of drug-likeness (QED) is 0.673. The van der Waals surface area contributed by atoms with E-state index >= 15 is 0 Å². The Labute approximate surface area is 122 Å². The predicted octanol–water partition coefficient (Wildman–Crippen LogP) is 2.81. The van der Waals surface area contributed by atoms with Gasteiger partial charge in [-0.05, 0) is 24.3 Å². The van der Waals surface area contributed by atoms with Crippen molar-refractivity contribution in [3.05, 3.63) is 47.9 Å². The van der Waals surface area contributed by atoms with Gasteiger partial charge in [-0.25, -0.2) is 18.2 Å². The third-order valence-corrected chi connectivity index (χ3v) is 3.36. The van der Waals surface area contributed by atoms with E-state index in [1.165, 1.54) is 6.20 Å². The summed E-state index contributed by atoms with van der Waals surface area (Å²) in [6.07, 6.45) is 1.44. The molecule has 21 heavy (non-hydrogen) atoms. The molecule has 1 aromatic carbocycles. The molecular formula is C13H10F3N3OS. The van der Waals surface area contributed by atoms with E-state index in [1.807, 2.05) is 0 Å². The Balaban J connectivity index is 1.96. The number of hydrogen-bond acceptors (Lipinski definition) is 4. The predicted molar refractivity (Wildman–Crippen MR) is 74.3 cm³/mol. The maximum Gasteiger partial charge on any atom is 0.234 e. The Kier molecular flexibility index (Phi) is 4.69. The molecule has 1 heterocycles. The van der Waals surface area contributed by atoms with Gasteiger partial charge in [-0.3, -0.25) is 4.79 Å². The van der Waals surface area contributed by atoms with Crippen LogP contribution in [0.4, 0.5) is 24.5 Å². The number of carbonyl (C=O) groups is 1. The van der Waals surface area contributed by atoms with Gasteiger partial charge in [0.25, 0.3) is 0 Å². The van der Waals surface area contributed by atoms with Crippen molar-refractivity contribution in [1.29, 1.82) is 0 Å². The van der Waals surface area contributed by atoms with E-state index in [0.717, 1.165) is 23.9 Å². The van der Waals surface area contributed by atoms with Crippen LogP contribution in [0.25, 0.3) is 0 Å². The Bertz CT molecular complexity index is 664. The molecule has 0 saturated carbocycles. The van der Waals surface area contributed by atoms with Crippen molar-refractivity contribution in [3.8, 4) is 0 Å². The number of rotatable bonds is 4. The smallest absolute Gasteiger partial charge is 0.234 e. The standard InChI is InChI=1S/C13H10F3N3OS/c14-8-2-3-9(13(16)12(8)15)19-10(20)6-21-11-4-1-7(17)5-18-11/h1-5H,6,17H2,(H,19,20). The third-order valence-electron chi connectivity index (χ3n) is 2.42.